The molecule has 1 fully saturated rings. The summed E-state index contributed by atoms with van der Waals surface area (Å²) in [6.45, 7) is 10.1. The monoisotopic (exact) mass is 331 g/mol. The lowest BCUT2D eigenvalue weighted by molar-refractivity contribution is 0.0460. The minimum Gasteiger partial charge on any atom is -0.496 e. The molecule has 1 unspecified atom stereocenters. The fraction of sp³-hybridized carbons (Fsp3) is 0.625. The molecule has 0 spiro atoms. The first-order chi connectivity index (χ1) is 9.66. The first-order valence-electron chi connectivity index (χ1n) is 7.15. The second-order valence-corrected chi connectivity index (χ2v) is 7.44. The highest BCUT2D eigenvalue weighted by molar-refractivity contribution is 6.42. The van der Waals surface area contributed by atoms with Gasteiger partial charge < -0.3 is 9.84 Å². The van der Waals surface area contributed by atoms with E-state index < -0.39 is 6.10 Å². The van der Waals surface area contributed by atoms with Gasteiger partial charge in [-0.15, -0.1) is 0 Å². The molecule has 1 aromatic rings. The van der Waals surface area contributed by atoms with Gasteiger partial charge in [-0.2, -0.15) is 0 Å². The van der Waals surface area contributed by atoms with Crippen molar-refractivity contribution in [3.05, 3.63) is 27.2 Å². The van der Waals surface area contributed by atoms with Crippen LogP contribution in [0.4, 0.5) is 0 Å². The lowest BCUT2D eigenvalue weighted by Gasteiger charge is -2.48. The number of methoxy groups -OCH3 is 1. The topological polar surface area (TPSA) is 32.7 Å². The molecule has 0 radical (unpaired) electrons. The van der Waals surface area contributed by atoms with Crippen molar-refractivity contribution in [1.82, 2.24) is 4.90 Å². The second-order valence-electron chi connectivity index (χ2n) is 6.66. The van der Waals surface area contributed by atoms with E-state index in [1.165, 1.54) is 0 Å². The molecule has 0 bridgehead atoms. The van der Waals surface area contributed by atoms with E-state index in [2.05, 4.69) is 25.7 Å². The zero-order valence-electron chi connectivity index (χ0n) is 13.2. The van der Waals surface area contributed by atoms with E-state index in [0.29, 0.717) is 21.4 Å². The molecule has 1 heterocycles. The molecular formula is C16H23Cl2NO2. The van der Waals surface area contributed by atoms with Crippen molar-refractivity contribution in [2.24, 2.45) is 0 Å². The van der Waals surface area contributed by atoms with E-state index in [1.807, 2.05) is 0 Å². The Morgan fingerprint density at radius 2 is 1.90 bits per heavy atom. The number of nitrogens with zero attached hydrogens (tertiary/aromatic N) is 1. The lowest BCUT2D eigenvalue weighted by atomic mass is 9.85. The third-order valence-corrected chi connectivity index (χ3v) is 4.93. The zero-order chi connectivity index (χ0) is 15.9. The molecule has 1 aliphatic heterocycles. The summed E-state index contributed by atoms with van der Waals surface area (Å²) in [5.41, 5.74) is 1.75. The van der Waals surface area contributed by atoms with Crippen LogP contribution in [0.15, 0.2) is 6.07 Å². The summed E-state index contributed by atoms with van der Waals surface area (Å²) in [5, 5.41) is 10.9. The maximum atomic E-state index is 9.94. The van der Waals surface area contributed by atoms with E-state index in [0.717, 1.165) is 18.7 Å². The van der Waals surface area contributed by atoms with Gasteiger partial charge >= 0.3 is 0 Å². The Kier molecular flexibility index (Phi) is 4.79. The van der Waals surface area contributed by atoms with E-state index in [4.69, 9.17) is 27.9 Å². The molecule has 1 N–H and O–H groups in total. The molecule has 0 aliphatic carbocycles. The first kappa shape index (κ1) is 16.9. The highest BCUT2D eigenvalue weighted by atomic mass is 35.5. The van der Waals surface area contributed by atoms with E-state index in [-0.39, 0.29) is 11.5 Å². The van der Waals surface area contributed by atoms with Crippen LogP contribution in [0.5, 0.6) is 5.75 Å². The van der Waals surface area contributed by atoms with Crippen molar-refractivity contribution in [3.63, 3.8) is 0 Å². The Morgan fingerprint density at radius 1 is 1.33 bits per heavy atom. The predicted octanol–water partition coefficient (Wildman–Crippen LogP) is 4.25. The molecule has 5 heteroatoms. The maximum absolute atomic E-state index is 9.94. The summed E-state index contributed by atoms with van der Waals surface area (Å²) in [6.07, 6.45) is -0.646. The van der Waals surface area contributed by atoms with Crippen LogP contribution in [0.3, 0.4) is 0 Å². The molecule has 1 aromatic carbocycles. The average Bonchev–Trinajstić information content (AvgIpc) is 2.30. The molecule has 0 saturated carbocycles. The quantitative estimate of drug-likeness (QED) is 0.898. The van der Waals surface area contributed by atoms with Crippen LogP contribution in [-0.4, -0.2) is 35.7 Å². The number of halogens is 2. The van der Waals surface area contributed by atoms with Crippen LogP contribution in [0.25, 0.3) is 0 Å². The average molecular weight is 332 g/mol. The minimum absolute atomic E-state index is 0.141. The first-order valence-corrected chi connectivity index (χ1v) is 7.91. The van der Waals surface area contributed by atoms with Gasteiger partial charge in [-0.1, -0.05) is 23.2 Å². The molecule has 2 rings (SSSR count). The summed E-state index contributed by atoms with van der Waals surface area (Å²) in [5.74, 6) is 0.945. The van der Waals surface area contributed by atoms with Crippen LogP contribution >= 0.6 is 23.2 Å². The standard InChI is InChI=1S/C16H23Cl2NO2/c1-9(20)11-6-12(17)14(18)13(15(11)21-5)10-7-19(8-10)16(2,3)4/h6,9-10,20H,7-8H2,1-5H3. The summed E-state index contributed by atoms with van der Waals surface area (Å²) >= 11 is 12.6. The molecule has 1 saturated heterocycles. The third-order valence-electron chi connectivity index (χ3n) is 4.13. The SMILES string of the molecule is COc1c(C(C)O)cc(Cl)c(Cl)c1C1CN(C(C)(C)C)C1. The Bertz CT molecular complexity index is 532. The van der Waals surface area contributed by atoms with Gasteiger partial charge in [-0.05, 0) is 33.8 Å². The Labute approximate surface area is 136 Å². The van der Waals surface area contributed by atoms with Gasteiger partial charge in [0.2, 0.25) is 0 Å². The number of aliphatic hydroxyl groups excluding tert-OH is 1. The molecule has 3 nitrogen and oxygen atoms in total. The van der Waals surface area contributed by atoms with E-state index >= 15 is 0 Å². The summed E-state index contributed by atoms with van der Waals surface area (Å²) in [6, 6.07) is 1.69. The smallest absolute Gasteiger partial charge is 0.129 e. The maximum Gasteiger partial charge on any atom is 0.129 e. The Hall–Kier alpha value is -0.480. The Morgan fingerprint density at radius 3 is 2.33 bits per heavy atom. The van der Waals surface area contributed by atoms with E-state index in [9.17, 15) is 5.11 Å². The third kappa shape index (κ3) is 3.16. The minimum atomic E-state index is -0.646. The van der Waals surface area contributed by atoms with Crippen LogP contribution < -0.4 is 4.74 Å². The second kappa shape index (κ2) is 5.96. The highest BCUT2D eigenvalue weighted by Crippen LogP contribution is 2.46. The Balaban J connectivity index is 2.40. The zero-order valence-corrected chi connectivity index (χ0v) is 14.7. The van der Waals surface area contributed by atoms with Gasteiger partial charge in [0.05, 0.1) is 23.3 Å². The molecular weight excluding hydrogens is 309 g/mol. The molecule has 0 aromatic heterocycles. The molecule has 21 heavy (non-hydrogen) atoms. The number of benzene rings is 1. The number of ether oxygens (including phenoxy) is 1. The van der Waals surface area contributed by atoms with Crippen molar-refractivity contribution in [2.45, 2.75) is 45.3 Å². The summed E-state index contributed by atoms with van der Waals surface area (Å²) in [7, 11) is 1.61. The van der Waals surface area contributed by atoms with Crippen LogP contribution in [0, 0.1) is 0 Å². The lowest BCUT2D eigenvalue weighted by Crippen LogP contribution is -2.54. The van der Waals surface area contributed by atoms with Crippen LogP contribution in [0.1, 0.15) is 50.8 Å². The molecule has 1 atom stereocenters. The van der Waals surface area contributed by atoms with Gasteiger partial charge in [0.15, 0.2) is 0 Å². The van der Waals surface area contributed by atoms with Gasteiger partial charge in [0.25, 0.3) is 0 Å². The predicted molar refractivity (Wildman–Crippen MR) is 87.7 cm³/mol. The van der Waals surface area contributed by atoms with Gasteiger partial charge in [-0.25, -0.2) is 0 Å². The van der Waals surface area contributed by atoms with Crippen molar-refractivity contribution in [3.8, 4) is 5.75 Å². The fourth-order valence-electron chi connectivity index (χ4n) is 2.76. The number of hydrogen-bond donors (Lipinski definition) is 1. The van der Waals surface area contributed by atoms with Gasteiger partial charge in [-0.3, -0.25) is 4.90 Å². The highest BCUT2D eigenvalue weighted by Gasteiger charge is 2.38. The van der Waals surface area contributed by atoms with Crippen LogP contribution in [-0.2, 0) is 0 Å². The number of aliphatic hydroxyl groups is 1. The molecule has 1 aliphatic rings. The van der Waals surface area contributed by atoms with Crippen molar-refractivity contribution < 1.29 is 9.84 Å². The van der Waals surface area contributed by atoms with Gasteiger partial charge in [0, 0.05) is 35.7 Å². The number of rotatable bonds is 3. The summed E-state index contributed by atoms with van der Waals surface area (Å²) in [4.78, 5) is 2.39. The number of hydrogen-bond acceptors (Lipinski definition) is 3. The van der Waals surface area contributed by atoms with Gasteiger partial charge in [0.1, 0.15) is 5.75 Å². The summed E-state index contributed by atoms with van der Waals surface area (Å²) < 4.78 is 5.53. The fourth-order valence-corrected chi connectivity index (χ4v) is 3.27. The molecule has 0 amide bonds. The molecule has 118 valence electrons. The number of likely N-dealkylation sites (tertiary alicyclic amines) is 1. The van der Waals surface area contributed by atoms with Crippen molar-refractivity contribution in [2.75, 3.05) is 20.2 Å². The van der Waals surface area contributed by atoms with Crippen molar-refractivity contribution in [1.29, 1.82) is 0 Å². The normalized spacial score (nSPS) is 18.5. The van der Waals surface area contributed by atoms with E-state index in [1.54, 1.807) is 20.1 Å². The van der Waals surface area contributed by atoms with Crippen LogP contribution in [0.2, 0.25) is 10.0 Å². The largest absolute Gasteiger partial charge is 0.496 e. The van der Waals surface area contributed by atoms with Crippen molar-refractivity contribution >= 4 is 23.2 Å².